The monoisotopic (exact) mass is 785 g/mol. The van der Waals surface area contributed by atoms with Crippen LogP contribution in [0.5, 0.6) is 11.5 Å². The summed E-state index contributed by atoms with van der Waals surface area (Å²) in [6.07, 6.45) is 2.83. The third kappa shape index (κ3) is 4.47. The Morgan fingerprint density at radius 3 is 2.41 bits per heavy atom. The van der Waals surface area contributed by atoms with Gasteiger partial charge in [-0.1, -0.05) is 68.8 Å². The molecule has 6 heteroatoms. The Kier molecular flexibility index (Phi) is 6.16. The normalized spacial score (nSPS) is 23.1. The minimum atomic E-state index is -2.24. The van der Waals surface area contributed by atoms with Crippen LogP contribution < -0.4 is 9.64 Å². The predicted molar refractivity (Wildman–Crippen MR) is 180 cm³/mol. The maximum Gasteiger partial charge on any atom is 0.135 e. The zero-order chi connectivity index (χ0) is 32.9. The van der Waals surface area contributed by atoms with Crippen LogP contribution in [-0.4, -0.2) is 33.5 Å². The van der Waals surface area contributed by atoms with E-state index in [9.17, 15) is 0 Å². The maximum atomic E-state index is 8.37. The van der Waals surface area contributed by atoms with Crippen molar-refractivity contribution in [3.63, 3.8) is 0 Å². The summed E-state index contributed by atoms with van der Waals surface area (Å²) in [6.45, 7) is 6.17. The van der Waals surface area contributed by atoms with Crippen LogP contribution in [-0.2, 0) is 26.5 Å². The number of para-hydroxylation sites is 1. The van der Waals surface area contributed by atoms with E-state index in [4.69, 9.17) is 13.8 Å². The number of nitrogens with zero attached hydrogens (tertiary/aromatic N) is 4. The molecule has 234 valence electrons. The number of ether oxygens (including phenoxy) is 1. The molecule has 0 radical (unpaired) electrons. The van der Waals surface area contributed by atoms with Crippen LogP contribution in [0, 0.1) is 18.8 Å². The van der Waals surface area contributed by atoms with Gasteiger partial charge in [-0.05, 0) is 65.0 Å². The van der Waals surface area contributed by atoms with Gasteiger partial charge in [0.25, 0.3) is 0 Å². The van der Waals surface area contributed by atoms with E-state index < -0.39 is 6.98 Å². The second-order valence-corrected chi connectivity index (χ2v) is 13.6. The van der Waals surface area contributed by atoms with Gasteiger partial charge in [-0.2, -0.15) is 24.9 Å². The first kappa shape index (κ1) is 26.2. The average Bonchev–Trinajstić information content (AvgIpc) is 3.82. The zero-order valence-electron chi connectivity index (χ0n) is 28.8. The van der Waals surface area contributed by atoms with Crippen LogP contribution in [0.3, 0.4) is 0 Å². The second kappa shape index (κ2) is 10.8. The van der Waals surface area contributed by atoms with Gasteiger partial charge < -0.3 is 19.1 Å². The van der Waals surface area contributed by atoms with Crippen molar-refractivity contribution in [2.45, 2.75) is 56.5 Å². The van der Waals surface area contributed by atoms with Crippen LogP contribution >= 0.6 is 0 Å². The fourth-order valence-corrected chi connectivity index (χ4v) is 8.01. The number of hydrogen-bond acceptors (Lipinski definition) is 4. The number of pyridine rings is 1. The summed E-state index contributed by atoms with van der Waals surface area (Å²) in [5.41, 5.74) is 6.53. The van der Waals surface area contributed by atoms with Crippen molar-refractivity contribution in [1.82, 2.24) is 14.5 Å². The van der Waals surface area contributed by atoms with Gasteiger partial charge in [-0.15, -0.1) is 35.3 Å². The Labute approximate surface area is 289 Å². The minimum absolute atomic E-state index is 0. The standard InChI is InChI=1S/C40H35N4O.Pt/c1-40(2,3)25-18-19-41-37(20-25)44-35-15-8-7-14-31(35)32-17-16-28(22-36(32)44)45-27-11-9-10-26(21-27)43-24-42(4)38-33-23-34(39(38)43)30-13-6-5-12-29(30)33;/h5-20,24,33-34,38-39H,23H2,1-4H3;/q-3;/t33-,34+,38?,39?;/m0./s1/i4D3;. The summed E-state index contributed by atoms with van der Waals surface area (Å²) in [4.78, 5) is 8.50. The summed E-state index contributed by atoms with van der Waals surface area (Å²) in [5.74, 6) is 2.37. The number of fused-ring (bicyclic) bond motifs is 11. The van der Waals surface area contributed by atoms with E-state index in [1.807, 2.05) is 36.5 Å². The third-order valence-electron chi connectivity index (χ3n) is 10.0. The Hall–Kier alpha value is -3.92. The summed E-state index contributed by atoms with van der Waals surface area (Å²) in [5, 5.41) is 2.19. The Bertz CT molecular complexity index is 2220. The van der Waals surface area contributed by atoms with Crippen molar-refractivity contribution in [3.05, 3.63) is 133 Å². The summed E-state index contributed by atoms with van der Waals surface area (Å²) < 4.78 is 33.7. The number of rotatable bonds is 4. The molecule has 0 amide bonds. The number of aromatic nitrogens is 2. The van der Waals surface area contributed by atoms with Gasteiger partial charge in [0.2, 0.25) is 0 Å². The van der Waals surface area contributed by atoms with Crippen LogP contribution in [0.2, 0.25) is 0 Å². The number of hydrogen-bond donors (Lipinski definition) is 0. The van der Waals surface area contributed by atoms with Gasteiger partial charge in [-0.3, -0.25) is 0 Å². The molecule has 1 saturated carbocycles. The molecule has 2 aromatic heterocycles. The van der Waals surface area contributed by atoms with Crippen LogP contribution in [0.15, 0.2) is 97.2 Å². The number of anilines is 1. The van der Waals surface area contributed by atoms with Crippen molar-refractivity contribution in [2.24, 2.45) is 0 Å². The van der Waals surface area contributed by atoms with Crippen molar-refractivity contribution in [2.75, 3.05) is 11.9 Å². The fraction of sp³-hybridized carbons (Fsp3) is 0.250. The van der Waals surface area contributed by atoms with E-state index in [1.165, 1.54) is 16.7 Å². The molecule has 2 aliphatic carbocycles. The van der Waals surface area contributed by atoms with Crippen molar-refractivity contribution in [1.29, 1.82) is 0 Å². The van der Waals surface area contributed by atoms with E-state index in [0.29, 0.717) is 11.5 Å². The summed E-state index contributed by atoms with van der Waals surface area (Å²) in [6, 6.07) is 37.8. The molecule has 0 N–H and O–H groups in total. The molecule has 2 unspecified atom stereocenters. The van der Waals surface area contributed by atoms with E-state index in [1.54, 1.807) is 11.6 Å². The van der Waals surface area contributed by atoms with E-state index in [-0.39, 0.29) is 50.4 Å². The molecule has 5 nitrogen and oxygen atoms in total. The average molecular weight is 786 g/mol. The predicted octanol–water partition coefficient (Wildman–Crippen LogP) is 8.76. The topological polar surface area (TPSA) is 33.5 Å². The molecule has 3 heterocycles. The molecule has 1 aliphatic heterocycles. The first-order valence-electron chi connectivity index (χ1n) is 17.2. The van der Waals surface area contributed by atoms with Crippen molar-refractivity contribution >= 4 is 27.5 Å². The maximum absolute atomic E-state index is 8.37. The number of benzene rings is 4. The summed E-state index contributed by atoms with van der Waals surface area (Å²) >= 11 is 0. The molecule has 4 aromatic carbocycles. The van der Waals surface area contributed by atoms with Gasteiger partial charge in [0.1, 0.15) is 5.82 Å². The molecule has 1 saturated heterocycles. The zero-order valence-corrected chi connectivity index (χ0v) is 28.1. The van der Waals surface area contributed by atoms with Gasteiger partial charge in [0, 0.05) is 66.4 Å². The Morgan fingerprint density at radius 2 is 1.61 bits per heavy atom. The summed E-state index contributed by atoms with van der Waals surface area (Å²) in [7, 11) is 0. The molecule has 2 bridgehead atoms. The van der Waals surface area contributed by atoms with Crippen molar-refractivity contribution in [3.8, 4) is 17.3 Å². The van der Waals surface area contributed by atoms with Gasteiger partial charge in [0.05, 0.1) is 0 Å². The van der Waals surface area contributed by atoms with E-state index in [0.717, 1.165) is 39.7 Å². The smallest absolute Gasteiger partial charge is 0.135 e. The number of likely N-dealkylation sites (N-methyl/N-ethyl adjacent to an activating group) is 1. The van der Waals surface area contributed by atoms with Crippen LogP contribution in [0.4, 0.5) is 5.69 Å². The fourth-order valence-electron chi connectivity index (χ4n) is 8.01. The Balaban J connectivity index is 0.00000348. The molecular weight excluding hydrogens is 748 g/mol. The van der Waals surface area contributed by atoms with E-state index in [2.05, 4.69) is 103 Å². The molecule has 0 spiro atoms. The van der Waals surface area contributed by atoms with E-state index >= 15 is 0 Å². The molecular formula is C40H35N4OPt-3. The first-order chi connectivity index (χ1) is 23.1. The quantitative estimate of drug-likeness (QED) is 0.168. The van der Waals surface area contributed by atoms with Gasteiger partial charge >= 0.3 is 0 Å². The van der Waals surface area contributed by atoms with Crippen molar-refractivity contribution < 1.29 is 29.9 Å². The second-order valence-electron chi connectivity index (χ2n) is 13.6. The van der Waals surface area contributed by atoms with Gasteiger partial charge in [0.15, 0.2) is 0 Å². The molecule has 3 aliphatic rings. The SMILES string of the molecule is [2H]C([2H])([2H])N1[CH-]N(c2[c-]c(Oc3[c-]c4c(cc3)c3ccccc3n4-c3cc(C(C)(C)C)ccn3)ccc2)C2C1[C@H]1C[C@@H]2c2ccccc21.[Pt]. The first-order valence-corrected chi connectivity index (χ1v) is 15.7. The third-order valence-corrected chi connectivity index (χ3v) is 10.0. The molecule has 6 aromatic rings. The Morgan fingerprint density at radius 1 is 0.848 bits per heavy atom. The van der Waals surface area contributed by atoms with Crippen LogP contribution in [0.25, 0.3) is 27.6 Å². The minimum Gasteiger partial charge on any atom is -0.525 e. The largest absolute Gasteiger partial charge is 0.525 e. The molecule has 2 fully saturated rings. The molecule has 9 rings (SSSR count). The molecule has 46 heavy (non-hydrogen) atoms. The van der Waals surface area contributed by atoms with Gasteiger partial charge in [-0.25, -0.2) is 4.98 Å². The molecule has 4 atom stereocenters. The van der Waals surface area contributed by atoms with Crippen LogP contribution in [0.1, 0.15) is 59.8 Å².